The fourth-order valence-electron chi connectivity index (χ4n) is 13.4. The normalized spacial score (nSPS) is 40.9. The van der Waals surface area contributed by atoms with E-state index in [1.807, 2.05) is 12.1 Å². The van der Waals surface area contributed by atoms with E-state index in [-0.39, 0.29) is 45.5 Å². The molecule has 1 amide bonds. The molecule has 5 fully saturated rings. The number of allylic oxidation sites excluding steroid dienone is 1. The van der Waals surface area contributed by atoms with E-state index in [9.17, 15) is 19.5 Å². The largest absolute Gasteiger partial charge is 0.481 e. The number of fused-ring (bicyclic) bond motifs is 7. The highest BCUT2D eigenvalue weighted by atomic mass is 16.5. The number of amides is 1. The Kier molecular flexibility index (Phi) is 9.00. The van der Waals surface area contributed by atoms with Gasteiger partial charge in [0.25, 0.3) is 0 Å². The number of hydrogen-bond acceptors (Lipinski definition) is 5. The molecule has 6 rings (SSSR count). The molecule has 5 aliphatic carbocycles. The number of carbonyl (C=O) groups is 3. The molecule has 1 aromatic heterocycles. The Morgan fingerprint density at radius 3 is 2.27 bits per heavy atom. The van der Waals surface area contributed by atoms with Gasteiger partial charge in [0.05, 0.1) is 11.8 Å². The molecule has 0 radical (unpaired) electrons. The monoisotopic (exact) mass is 674 g/mol. The molecule has 0 unspecified atom stereocenters. The van der Waals surface area contributed by atoms with Crippen molar-refractivity contribution in [2.45, 2.75) is 139 Å². The fourth-order valence-corrected chi connectivity index (χ4v) is 13.4. The SMILES string of the molecule is C=C(C)[C@@H]1CC[C@]2(CC(=O)Nc3ccncc3)CC[C@]3(C)[C@H](CC[C@@H]4[C@@]5(C)CC[C@H](OC(=O)CC(C)(C)C(=O)O)C(C)(C)[C@@H]5CC[C@]43C)[C@@H]12. The lowest BCUT2D eigenvalue weighted by molar-refractivity contribution is -0.250. The highest BCUT2D eigenvalue weighted by Gasteiger charge is 2.71. The highest BCUT2D eigenvalue weighted by molar-refractivity contribution is 5.91. The summed E-state index contributed by atoms with van der Waals surface area (Å²) in [5.74, 6) is 1.24. The molecule has 0 aromatic carbocycles. The van der Waals surface area contributed by atoms with Gasteiger partial charge in [-0.3, -0.25) is 19.4 Å². The van der Waals surface area contributed by atoms with Crippen molar-refractivity contribution in [3.8, 4) is 0 Å². The first kappa shape index (κ1) is 36.1. The van der Waals surface area contributed by atoms with Gasteiger partial charge in [0.1, 0.15) is 6.10 Å². The number of carboxylic acids is 1. The molecule has 5 aliphatic rings. The van der Waals surface area contributed by atoms with E-state index >= 15 is 0 Å². The number of carbonyl (C=O) groups excluding carboxylic acids is 2. The van der Waals surface area contributed by atoms with E-state index in [1.165, 1.54) is 24.8 Å². The second-order valence-electron chi connectivity index (χ2n) is 19.2. The maximum absolute atomic E-state index is 13.7. The number of pyridine rings is 1. The van der Waals surface area contributed by atoms with Gasteiger partial charge in [0.15, 0.2) is 0 Å². The number of hydrogen-bond donors (Lipinski definition) is 2. The van der Waals surface area contributed by atoms with Crippen LogP contribution in [0.2, 0.25) is 0 Å². The summed E-state index contributed by atoms with van der Waals surface area (Å²) < 4.78 is 6.17. The number of anilines is 1. The third kappa shape index (κ3) is 5.68. The summed E-state index contributed by atoms with van der Waals surface area (Å²) in [7, 11) is 0. The van der Waals surface area contributed by atoms with E-state index < -0.39 is 17.4 Å². The Hall–Kier alpha value is -2.70. The predicted molar refractivity (Wildman–Crippen MR) is 192 cm³/mol. The highest BCUT2D eigenvalue weighted by Crippen LogP contribution is 2.78. The zero-order valence-electron chi connectivity index (χ0n) is 31.5. The zero-order chi connectivity index (χ0) is 35.8. The maximum Gasteiger partial charge on any atom is 0.309 e. The van der Waals surface area contributed by atoms with Crippen molar-refractivity contribution < 1.29 is 24.2 Å². The van der Waals surface area contributed by atoms with Crippen LogP contribution in [0.5, 0.6) is 0 Å². The lowest BCUT2D eigenvalue weighted by Gasteiger charge is -2.73. The van der Waals surface area contributed by atoms with E-state index in [4.69, 9.17) is 4.74 Å². The zero-order valence-corrected chi connectivity index (χ0v) is 31.5. The van der Waals surface area contributed by atoms with Crippen LogP contribution < -0.4 is 5.32 Å². The molecule has 49 heavy (non-hydrogen) atoms. The van der Waals surface area contributed by atoms with Crippen LogP contribution in [0.25, 0.3) is 0 Å². The molecule has 1 heterocycles. The summed E-state index contributed by atoms with van der Waals surface area (Å²) in [6.45, 7) is 22.4. The third-order valence-electron chi connectivity index (χ3n) is 16.1. The Labute approximate surface area is 294 Å². The minimum atomic E-state index is -1.14. The second-order valence-corrected chi connectivity index (χ2v) is 19.2. The Bertz CT molecular complexity index is 1490. The topological polar surface area (TPSA) is 106 Å². The summed E-state index contributed by atoms with van der Waals surface area (Å²) in [6.07, 6.45) is 14.7. The number of carboxylic acid groups (broad SMARTS) is 1. The number of aromatic nitrogens is 1. The molecular formula is C42H62N2O5. The average molecular weight is 675 g/mol. The van der Waals surface area contributed by atoms with Gasteiger partial charge in [-0.1, -0.05) is 46.8 Å². The molecule has 0 aliphatic heterocycles. The minimum Gasteiger partial charge on any atom is -0.481 e. The van der Waals surface area contributed by atoms with Crippen molar-refractivity contribution in [3.63, 3.8) is 0 Å². The van der Waals surface area contributed by atoms with Crippen LogP contribution in [0.1, 0.15) is 132 Å². The summed E-state index contributed by atoms with van der Waals surface area (Å²) in [5, 5.41) is 12.8. The second kappa shape index (κ2) is 12.2. The van der Waals surface area contributed by atoms with Crippen LogP contribution in [0.15, 0.2) is 36.7 Å². The van der Waals surface area contributed by atoms with Crippen molar-refractivity contribution in [2.24, 2.45) is 62.1 Å². The van der Waals surface area contributed by atoms with Crippen molar-refractivity contribution in [3.05, 3.63) is 36.7 Å². The molecule has 2 N–H and O–H groups in total. The molecular weight excluding hydrogens is 612 g/mol. The molecule has 7 heteroatoms. The summed E-state index contributed by atoms with van der Waals surface area (Å²) in [5.41, 5.74) is 1.26. The molecule has 1 aromatic rings. The van der Waals surface area contributed by atoms with Crippen LogP contribution in [-0.2, 0) is 19.1 Å². The number of rotatable bonds is 8. The van der Waals surface area contributed by atoms with E-state index in [2.05, 4.69) is 58.4 Å². The maximum atomic E-state index is 13.7. The molecule has 10 atom stereocenters. The molecule has 7 nitrogen and oxygen atoms in total. The summed E-state index contributed by atoms with van der Waals surface area (Å²) in [6, 6.07) is 3.74. The van der Waals surface area contributed by atoms with Gasteiger partial charge >= 0.3 is 11.9 Å². The van der Waals surface area contributed by atoms with Gasteiger partial charge in [0.2, 0.25) is 5.91 Å². The first-order valence-electron chi connectivity index (χ1n) is 19.1. The number of ether oxygens (including phenoxy) is 1. The lowest BCUT2D eigenvalue weighted by atomic mass is 9.32. The van der Waals surface area contributed by atoms with E-state index in [1.54, 1.807) is 26.2 Å². The summed E-state index contributed by atoms with van der Waals surface area (Å²) >= 11 is 0. The standard InChI is InChI=1S/C42H62N2O5/c1-26(2)28-12-19-42(24-33(45)44-27-15-22-43-23-16-27)21-20-40(8)29(35(28)42)10-11-31-39(7)17-14-32(49-34(46)25-37(3,4)36(47)48)38(5,6)30(39)13-18-41(31,40)9/h15-16,22-23,28-32,35H,1,10-14,17-21,24-25H2,2-9H3,(H,47,48)(H,43,44,45)/t28-,29+,30-,31+,32-,35+,39-,40+,41+,42+/m0/s1. The van der Waals surface area contributed by atoms with Gasteiger partial charge < -0.3 is 15.2 Å². The summed E-state index contributed by atoms with van der Waals surface area (Å²) in [4.78, 5) is 42.6. The minimum absolute atomic E-state index is 0.00827. The fraction of sp³-hybridized carbons (Fsp3) is 0.762. The van der Waals surface area contributed by atoms with Gasteiger partial charge in [-0.05, 0) is 148 Å². The van der Waals surface area contributed by atoms with Crippen molar-refractivity contribution in [1.82, 2.24) is 4.98 Å². The van der Waals surface area contributed by atoms with Crippen LogP contribution in [0, 0.1) is 62.1 Å². The van der Waals surface area contributed by atoms with Crippen LogP contribution in [0.3, 0.4) is 0 Å². The third-order valence-corrected chi connectivity index (χ3v) is 16.1. The lowest BCUT2D eigenvalue weighted by Crippen LogP contribution is -2.66. The molecule has 0 spiro atoms. The number of nitrogens with one attached hydrogen (secondary N) is 1. The van der Waals surface area contributed by atoms with Crippen molar-refractivity contribution >= 4 is 23.5 Å². The van der Waals surface area contributed by atoms with Gasteiger partial charge in [-0.2, -0.15) is 0 Å². The van der Waals surface area contributed by atoms with Crippen LogP contribution in [0.4, 0.5) is 5.69 Å². The van der Waals surface area contributed by atoms with Crippen molar-refractivity contribution in [2.75, 3.05) is 5.32 Å². The molecule has 0 saturated heterocycles. The van der Waals surface area contributed by atoms with Gasteiger partial charge in [-0.15, -0.1) is 0 Å². The number of aliphatic carboxylic acids is 1. The van der Waals surface area contributed by atoms with Gasteiger partial charge in [-0.25, -0.2) is 0 Å². The van der Waals surface area contributed by atoms with Crippen LogP contribution >= 0.6 is 0 Å². The van der Waals surface area contributed by atoms with Gasteiger partial charge in [0, 0.05) is 29.9 Å². The molecule has 0 bridgehead atoms. The Balaban J connectivity index is 1.25. The van der Waals surface area contributed by atoms with Crippen molar-refractivity contribution in [1.29, 1.82) is 0 Å². The molecule has 270 valence electrons. The number of esters is 1. The van der Waals surface area contributed by atoms with E-state index in [0.29, 0.717) is 36.0 Å². The average Bonchev–Trinajstić information content (AvgIpc) is 3.38. The van der Waals surface area contributed by atoms with Crippen LogP contribution in [-0.4, -0.2) is 34.0 Å². The Morgan fingerprint density at radius 1 is 0.918 bits per heavy atom. The Morgan fingerprint density at radius 2 is 1.61 bits per heavy atom. The quantitative estimate of drug-likeness (QED) is 0.210. The number of nitrogens with zero attached hydrogens (tertiary/aromatic N) is 1. The first-order chi connectivity index (χ1) is 22.8. The first-order valence-corrected chi connectivity index (χ1v) is 19.1. The molecule has 5 saturated carbocycles. The predicted octanol–water partition coefficient (Wildman–Crippen LogP) is 9.48. The van der Waals surface area contributed by atoms with E-state index in [0.717, 1.165) is 50.6 Å². The smallest absolute Gasteiger partial charge is 0.309 e.